The first-order valence-corrected chi connectivity index (χ1v) is 8.78. The average Bonchev–Trinajstić information content (AvgIpc) is 2.66. The van der Waals surface area contributed by atoms with Gasteiger partial charge in [0.2, 0.25) is 11.8 Å². The maximum absolute atomic E-state index is 11.8. The fourth-order valence-corrected chi connectivity index (χ4v) is 2.80. The van der Waals surface area contributed by atoms with Crippen LogP contribution in [0.2, 0.25) is 0 Å². The van der Waals surface area contributed by atoms with Crippen molar-refractivity contribution >= 4 is 34.6 Å². The van der Waals surface area contributed by atoms with E-state index >= 15 is 0 Å². The molecular weight excluding hydrogens is 352 g/mol. The van der Waals surface area contributed by atoms with E-state index in [9.17, 15) is 9.59 Å². The van der Waals surface area contributed by atoms with Crippen molar-refractivity contribution in [2.75, 3.05) is 10.6 Å². The minimum absolute atomic E-state index is 0.0663. The summed E-state index contributed by atoms with van der Waals surface area (Å²) in [4.78, 5) is 23.7. The quantitative estimate of drug-likeness (QED) is 0.523. The molecule has 3 rings (SSSR count). The van der Waals surface area contributed by atoms with Crippen LogP contribution in [0.1, 0.15) is 31.8 Å². The van der Waals surface area contributed by atoms with E-state index in [0.29, 0.717) is 11.4 Å². The Morgan fingerprint density at radius 3 is 1.25 bits per heavy atom. The highest BCUT2D eigenvalue weighted by atomic mass is 16.2. The number of rotatable bonds is 6. The minimum atomic E-state index is -0.720. The van der Waals surface area contributed by atoms with Gasteiger partial charge in [-0.3, -0.25) is 9.59 Å². The Labute approximate surface area is 163 Å². The SMILES string of the molecule is Cc1ccc(Nc2cc(C(N)=O)c(C(N)=O)cc2Nc2ccc(C)cc2)cc1. The molecule has 0 atom stereocenters. The molecule has 0 saturated carbocycles. The number of nitrogens with one attached hydrogen (secondary N) is 2. The van der Waals surface area contributed by atoms with Gasteiger partial charge in [-0.2, -0.15) is 0 Å². The predicted octanol–water partition coefficient (Wildman–Crippen LogP) is 3.99. The fraction of sp³-hybridized carbons (Fsp3) is 0.0909. The second kappa shape index (κ2) is 7.84. The number of benzene rings is 3. The molecule has 6 heteroatoms. The van der Waals surface area contributed by atoms with Crippen molar-refractivity contribution in [2.24, 2.45) is 11.5 Å². The van der Waals surface area contributed by atoms with Crippen LogP contribution in [0.3, 0.4) is 0 Å². The summed E-state index contributed by atoms with van der Waals surface area (Å²) >= 11 is 0. The Bertz CT molecular complexity index is 941. The van der Waals surface area contributed by atoms with E-state index in [0.717, 1.165) is 22.5 Å². The molecule has 6 nitrogen and oxygen atoms in total. The standard InChI is InChI=1S/C22H22N4O2/c1-13-3-7-15(8-4-13)25-19-11-17(21(23)27)18(22(24)28)12-20(19)26-16-9-5-14(2)6-10-16/h3-12,25-26H,1-2H3,(H2,23,27)(H2,24,28). The monoisotopic (exact) mass is 374 g/mol. The molecule has 0 aliphatic carbocycles. The number of primary amides is 2. The fourth-order valence-electron chi connectivity index (χ4n) is 2.80. The predicted molar refractivity (Wildman–Crippen MR) is 112 cm³/mol. The second-order valence-corrected chi connectivity index (χ2v) is 6.65. The number of anilines is 4. The Balaban J connectivity index is 2.08. The molecule has 2 amide bonds. The number of hydrogen-bond acceptors (Lipinski definition) is 4. The third kappa shape index (κ3) is 4.29. The number of nitrogens with two attached hydrogens (primary N) is 2. The summed E-state index contributed by atoms with van der Waals surface area (Å²) < 4.78 is 0. The van der Waals surface area contributed by atoms with Crippen molar-refractivity contribution in [2.45, 2.75) is 13.8 Å². The van der Waals surface area contributed by atoms with Crippen molar-refractivity contribution in [3.8, 4) is 0 Å². The normalized spacial score (nSPS) is 10.4. The van der Waals surface area contributed by atoms with E-state index in [1.54, 1.807) is 12.1 Å². The van der Waals surface area contributed by atoms with Crippen molar-refractivity contribution in [1.29, 1.82) is 0 Å². The molecule has 28 heavy (non-hydrogen) atoms. The van der Waals surface area contributed by atoms with Gasteiger partial charge >= 0.3 is 0 Å². The summed E-state index contributed by atoms with van der Waals surface area (Å²) in [5, 5.41) is 6.54. The molecule has 6 N–H and O–H groups in total. The van der Waals surface area contributed by atoms with Gasteiger partial charge in [0.25, 0.3) is 0 Å². The summed E-state index contributed by atoms with van der Waals surface area (Å²) in [7, 11) is 0. The largest absolute Gasteiger partial charge is 0.366 e. The van der Waals surface area contributed by atoms with Crippen LogP contribution in [0, 0.1) is 13.8 Å². The summed E-state index contributed by atoms with van der Waals surface area (Å²) in [5.74, 6) is -1.44. The van der Waals surface area contributed by atoms with E-state index < -0.39 is 11.8 Å². The first kappa shape index (κ1) is 19.0. The van der Waals surface area contributed by atoms with Crippen LogP contribution in [0.5, 0.6) is 0 Å². The molecular formula is C22H22N4O2. The molecule has 0 aliphatic rings. The Kier molecular flexibility index (Phi) is 5.31. The van der Waals surface area contributed by atoms with Gasteiger partial charge in [0.1, 0.15) is 0 Å². The highest BCUT2D eigenvalue weighted by Gasteiger charge is 2.18. The molecule has 3 aromatic rings. The molecule has 0 aromatic heterocycles. The first-order valence-electron chi connectivity index (χ1n) is 8.78. The molecule has 0 bridgehead atoms. The Morgan fingerprint density at radius 1 is 0.643 bits per heavy atom. The van der Waals surface area contributed by atoms with Gasteiger partial charge in [0.15, 0.2) is 0 Å². The van der Waals surface area contributed by atoms with E-state index in [4.69, 9.17) is 11.5 Å². The second-order valence-electron chi connectivity index (χ2n) is 6.65. The molecule has 0 saturated heterocycles. The van der Waals surface area contributed by atoms with Gasteiger partial charge < -0.3 is 22.1 Å². The van der Waals surface area contributed by atoms with Crippen LogP contribution in [-0.4, -0.2) is 11.8 Å². The number of aryl methyl sites for hydroxylation is 2. The maximum Gasteiger partial charge on any atom is 0.249 e. The van der Waals surface area contributed by atoms with Crippen molar-refractivity contribution in [3.05, 3.63) is 82.9 Å². The highest BCUT2D eigenvalue weighted by molar-refractivity contribution is 6.08. The number of amides is 2. The van der Waals surface area contributed by atoms with Crippen LogP contribution < -0.4 is 22.1 Å². The maximum atomic E-state index is 11.8. The van der Waals surface area contributed by atoms with Gasteiger partial charge in [-0.05, 0) is 50.2 Å². The lowest BCUT2D eigenvalue weighted by molar-refractivity contribution is 0.0967. The minimum Gasteiger partial charge on any atom is -0.366 e. The van der Waals surface area contributed by atoms with Gasteiger partial charge in [-0.25, -0.2) is 0 Å². The lowest BCUT2D eigenvalue weighted by Gasteiger charge is -2.17. The molecule has 0 heterocycles. The lowest BCUT2D eigenvalue weighted by atomic mass is 10.0. The van der Waals surface area contributed by atoms with Crippen LogP contribution in [0.4, 0.5) is 22.7 Å². The molecule has 0 fully saturated rings. The zero-order valence-corrected chi connectivity index (χ0v) is 15.7. The third-order valence-electron chi connectivity index (χ3n) is 4.35. The number of carbonyl (C=O) groups is 2. The van der Waals surface area contributed by atoms with Crippen LogP contribution in [-0.2, 0) is 0 Å². The zero-order chi connectivity index (χ0) is 20.3. The number of carbonyl (C=O) groups excluding carboxylic acids is 2. The molecule has 142 valence electrons. The van der Waals surface area contributed by atoms with Crippen molar-refractivity contribution in [1.82, 2.24) is 0 Å². The zero-order valence-electron chi connectivity index (χ0n) is 15.7. The molecule has 0 radical (unpaired) electrons. The van der Waals surface area contributed by atoms with Crippen LogP contribution in [0.15, 0.2) is 60.7 Å². The van der Waals surface area contributed by atoms with E-state index in [1.807, 2.05) is 62.4 Å². The third-order valence-corrected chi connectivity index (χ3v) is 4.35. The summed E-state index contributed by atoms with van der Waals surface area (Å²) in [5.41, 5.74) is 16.2. The van der Waals surface area contributed by atoms with Gasteiger partial charge in [-0.1, -0.05) is 35.4 Å². The summed E-state index contributed by atoms with van der Waals surface area (Å²) in [6.07, 6.45) is 0. The van der Waals surface area contributed by atoms with E-state index in [1.165, 1.54) is 0 Å². The van der Waals surface area contributed by atoms with Gasteiger partial charge in [-0.15, -0.1) is 0 Å². The van der Waals surface area contributed by atoms with Crippen LogP contribution >= 0.6 is 0 Å². The lowest BCUT2D eigenvalue weighted by Crippen LogP contribution is -2.21. The Morgan fingerprint density at radius 2 is 0.964 bits per heavy atom. The van der Waals surface area contributed by atoms with E-state index in [2.05, 4.69) is 10.6 Å². The topological polar surface area (TPSA) is 110 Å². The van der Waals surface area contributed by atoms with E-state index in [-0.39, 0.29) is 11.1 Å². The number of hydrogen-bond donors (Lipinski definition) is 4. The molecule has 0 aliphatic heterocycles. The van der Waals surface area contributed by atoms with Crippen LogP contribution in [0.25, 0.3) is 0 Å². The highest BCUT2D eigenvalue weighted by Crippen LogP contribution is 2.32. The average molecular weight is 374 g/mol. The molecule has 3 aromatic carbocycles. The summed E-state index contributed by atoms with van der Waals surface area (Å²) in [6, 6.07) is 18.7. The Hall–Kier alpha value is -3.80. The van der Waals surface area contributed by atoms with Crippen molar-refractivity contribution in [3.63, 3.8) is 0 Å². The summed E-state index contributed by atoms with van der Waals surface area (Å²) in [6.45, 7) is 4.00. The van der Waals surface area contributed by atoms with Gasteiger partial charge in [0.05, 0.1) is 22.5 Å². The smallest absolute Gasteiger partial charge is 0.249 e. The first-order chi connectivity index (χ1) is 13.3. The molecule has 0 spiro atoms. The van der Waals surface area contributed by atoms with Gasteiger partial charge in [0, 0.05) is 11.4 Å². The molecule has 0 unspecified atom stereocenters. The van der Waals surface area contributed by atoms with Crippen molar-refractivity contribution < 1.29 is 9.59 Å².